The van der Waals surface area contributed by atoms with Crippen LogP contribution < -0.4 is 10.4 Å². The van der Waals surface area contributed by atoms with Gasteiger partial charge < -0.3 is 33.3 Å². The number of aryl methyl sites for hydroxylation is 4. The number of hydrogen-bond donors (Lipinski definition) is 2. The van der Waals surface area contributed by atoms with Crippen molar-refractivity contribution in [3.63, 3.8) is 0 Å². The van der Waals surface area contributed by atoms with E-state index in [0.717, 1.165) is 55.3 Å². The van der Waals surface area contributed by atoms with Gasteiger partial charge in [0.15, 0.2) is 0 Å². The number of aromatic nitrogens is 4. The van der Waals surface area contributed by atoms with Crippen LogP contribution in [0.1, 0.15) is 120 Å². The second-order valence-electron chi connectivity index (χ2n) is 16.2. The Hall–Kier alpha value is -6.50. The Labute approximate surface area is 352 Å². The maximum Gasteiger partial charge on any atom is 0.343 e. The van der Waals surface area contributed by atoms with Gasteiger partial charge in [0.1, 0.15) is 17.4 Å². The van der Waals surface area contributed by atoms with Gasteiger partial charge in [-0.3, -0.25) is 14.6 Å². The highest BCUT2D eigenvalue weighted by molar-refractivity contribution is 6.25. The number of nitrogens with zero attached hydrogens (tertiary/aromatic N) is 2. The van der Waals surface area contributed by atoms with Gasteiger partial charge in [-0.25, -0.2) is 14.6 Å². The van der Waals surface area contributed by atoms with Crippen LogP contribution in [0.25, 0.3) is 44.2 Å². The summed E-state index contributed by atoms with van der Waals surface area (Å²) in [7, 11) is 3.98. The molecule has 1 aromatic carbocycles. The first-order valence-corrected chi connectivity index (χ1v) is 20.7. The van der Waals surface area contributed by atoms with Gasteiger partial charge in [-0.15, -0.1) is 0 Å². The average molecular weight is 827 g/mol. The molecular weight excluding hydrogens is 777 g/mol. The van der Waals surface area contributed by atoms with Crippen molar-refractivity contribution in [3.8, 4) is 5.75 Å². The summed E-state index contributed by atoms with van der Waals surface area (Å²) in [5.41, 5.74) is 12.3. The van der Waals surface area contributed by atoms with Crippen LogP contribution in [0.3, 0.4) is 0 Å². The third kappa shape index (κ3) is 7.19. The first-order valence-electron chi connectivity index (χ1n) is 20.7. The number of nitrogens with one attached hydrogen (secondary N) is 2. The van der Waals surface area contributed by atoms with E-state index in [1.807, 2.05) is 51.1 Å². The van der Waals surface area contributed by atoms with E-state index in [4.69, 9.17) is 33.3 Å². The highest BCUT2D eigenvalue weighted by atomic mass is 16.5. The third-order valence-electron chi connectivity index (χ3n) is 12.7. The van der Waals surface area contributed by atoms with Crippen molar-refractivity contribution in [3.05, 3.63) is 109 Å². The highest BCUT2D eigenvalue weighted by Crippen LogP contribution is 2.45. The number of carbonyl (C=O) groups is 3. The summed E-state index contributed by atoms with van der Waals surface area (Å²) in [5.74, 6) is -1.57. The topological polar surface area (TPSA) is 176 Å². The van der Waals surface area contributed by atoms with Crippen LogP contribution in [0.4, 0.5) is 0 Å². The van der Waals surface area contributed by atoms with Crippen molar-refractivity contribution in [2.45, 2.75) is 98.0 Å². The fourth-order valence-corrected chi connectivity index (χ4v) is 9.29. The third-order valence-corrected chi connectivity index (χ3v) is 12.7. The molecule has 4 aromatic heterocycles. The van der Waals surface area contributed by atoms with E-state index in [2.05, 4.69) is 36.8 Å². The Bertz CT molecular complexity index is 2930. The van der Waals surface area contributed by atoms with Crippen LogP contribution in [0.15, 0.2) is 45.6 Å². The molecule has 7 heterocycles. The SMILES string of the molecule is CCc1c(C)c2cc3[nH]c(cc4nc(c(CC(=O)OC)c5nc(cc1[nH]2)C(C)=C5C(=O)OC)[C@@H](CCC(=O)OC)[C@@H]4C)c(C)c3C1CCc2c(c3cc(C)ccc3oc2=O)O1. The van der Waals surface area contributed by atoms with Gasteiger partial charge in [-0.2, -0.15) is 0 Å². The Kier molecular flexibility index (Phi) is 10.9. The van der Waals surface area contributed by atoms with Crippen LogP contribution >= 0.6 is 0 Å². The normalized spacial score (nSPS) is 17.2. The van der Waals surface area contributed by atoms with Crippen LogP contribution in [-0.2, 0) is 47.9 Å². The zero-order valence-electron chi connectivity index (χ0n) is 36.0. The molecule has 13 nitrogen and oxygen atoms in total. The molecule has 5 aromatic rings. The Balaban J connectivity index is 1.47. The van der Waals surface area contributed by atoms with Crippen molar-refractivity contribution >= 4 is 62.1 Å². The highest BCUT2D eigenvalue weighted by Gasteiger charge is 2.37. The molecule has 13 heteroatoms. The number of H-pyrrole nitrogens is 2. The van der Waals surface area contributed by atoms with Crippen LogP contribution in [0.5, 0.6) is 5.75 Å². The molecule has 8 bridgehead atoms. The number of methoxy groups -OCH3 is 3. The number of carbonyl (C=O) groups excluding carboxylic acids is 3. The van der Waals surface area contributed by atoms with E-state index in [9.17, 15) is 19.2 Å². The number of rotatable bonds is 8. The lowest BCUT2D eigenvalue weighted by molar-refractivity contribution is -0.141. The predicted octanol–water partition coefficient (Wildman–Crippen LogP) is 8.63. The predicted molar refractivity (Wildman–Crippen MR) is 231 cm³/mol. The summed E-state index contributed by atoms with van der Waals surface area (Å²) in [6.07, 6.45) is 1.54. The number of esters is 3. The van der Waals surface area contributed by atoms with E-state index in [1.54, 1.807) is 0 Å². The molecule has 0 amide bonds. The maximum absolute atomic E-state index is 13.7. The molecule has 3 atom stereocenters. The van der Waals surface area contributed by atoms with E-state index in [-0.39, 0.29) is 41.9 Å². The Morgan fingerprint density at radius 3 is 2.31 bits per heavy atom. The van der Waals surface area contributed by atoms with Crippen LogP contribution in [0.2, 0.25) is 0 Å². The second-order valence-corrected chi connectivity index (χ2v) is 16.2. The first-order chi connectivity index (χ1) is 29.3. The van der Waals surface area contributed by atoms with Gasteiger partial charge in [-0.05, 0) is 106 Å². The Morgan fingerprint density at radius 2 is 1.59 bits per heavy atom. The van der Waals surface area contributed by atoms with Crippen LogP contribution in [-0.4, -0.2) is 59.2 Å². The molecular formula is C48H50N4O9. The summed E-state index contributed by atoms with van der Waals surface area (Å²) in [6, 6.07) is 11.8. The molecule has 316 valence electrons. The molecule has 61 heavy (non-hydrogen) atoms. The summed E-state index contributed by atoms with van der Waals surface area (Å²) in [4.78, 5) is 70.5. The second kappa shape index (κ2) is 16.2. The molecule has 3 aliphatic rings. The summed E-state index contributed by atoms with van der Waals surface area (Å²) < 4.78 is 28.2. The van der Waals surface area contributed by atoms with Crippen molar-refractivity contribution in [2.24, 2.45) is 0 Å². The number of allylic oxidation sites excluding steroid dienone is 1. The van der Waals surface area contributed by atoms with E-state index in [1.165, 1.54) is 21.3 Å². The molecule has 0 saturated carbocycles. The van der Waals surface area contributed by atoms with E-state index >= 15 is 0 Å². The minimum atomic E-state index is -0.598. The number of aromatic amines is 2. The van der Waals surface area contributed by atoms with Crippen LogP contribution in [0, 0.1) is 20.8 Å². The molecule has 0 aliphatic carbocycles. The number of fused-ring (bicyclic) bond motifs is 11. The molecule has 0 radical (unpaired) electrons. The lowest BCUT2D eigenvalue weighted by atomic mass is 9.84. The largest absolute Gasteiger partial charge is 0.484 e. The van der Waals surface area contributed by atoms with Gasteiger partial charge in [-0.1, -0.05) is 25.5 Å². The lowest BCUT2D eigenvalue weighted by Crippen LogP contribution is -2.21. The van der Waals surface area contributed by atoms with E-state index < -0.39 is 23.7 Å². The van der Waals surface area contributed by atoms with Crippen molar-refractivity contribution in [2.75, 3.05) is 21.3 Å². The molecule has 0 fully saturated rings. The smallest absolute Gasteiger partial charge is 0.343 e. The van der Waals surface area contributed by atoms with E-state index in [0.29, 0.717) is 70.8 Å². The molecule has 0 spiro atoms. The van der Waals surface area contributed by atoms with Gasteiger partial charge in [0.05, 0.1) is 61.4 Å². The van der Waals surface area contributed by atoms with Gasteiger partial charge in [0.25, 0.3) is 0 Å². The summed E-state index contributed by atoms with van der Waals surface area (Å²) in [6.45, 7) is 12.1. The monoisotopic (exact) mass is 826 g/mol. The standard InChI is InChI=1S/C48H50N4O9/c1-10-27-23(3)32-21-37-42(39-15-12-29-46(60-39)30-17-22(2)11-14-38(30)61-47(29)55)25(5)34(50-37)19-33-24(4)28(13-16-40(53)57-7)44(51-33)31(18-41(54)58-8)45-43(48(56)59-9)26(6)35(52-45)20-36(27)49-32/h11,14,17,19-21,24,28,39,49-50H,10,12-13,15-16,18H2,1-9H3/t24-,28-,39?/m0/s1. The first kappa shape index (κ1) is 41.2. The summed E-state index contributed by atoms with van der Waals surface area (Å²) >= 11 is 0. The lowest BCUT2D eigenvalue weighted by Gasteiger charge is -2.27. The minimum Gasteiger partial charge on any atom is -0.484 e. The number of ether oxygens (including phenoxy) is 4. The molecule has 0 saturated heterocycles. The number of benzene rings is 1. The number of hydrogen-bond acceptors (Lipinski definition) is 11. The molecule has 2 N–H and O–H groups in total. The van der Waals surface area contributed by atoms with Crippen molar-refractivity contribution in [1.82, 2.24) is 19.9 Å². The van der Waals surface area contributed by atoms with Gasteiger partial charge in [0, 0.05) is 57.1 Å². The molecule has 3 aliphatic heterocycles. The fourth-order valence-electron chi connectivity index (χ4n) is 9.29. The molecule has 1 unspecified atom stereocenters. The minimum absolute atomic E-state index is 0.103. The average Bonchev–Trinajstić information content (AvgIpc) is 3.94. The van der Waals surface area contributed by atoms with Gasteiger partial charge in [0.2, 0.25) is 0 Å². The zero-order chi connectivity index (χ0) is 43.4. The quantitative estimate of drug-likeness (QED) is 0.0870. The molecule has 8 rings (SSSR count). The zero-order valence-corrected chi connectivity index (χ0v) is 36.0. The fraction of sp³-hybridized carbons (Fsp3) is 0.375. The van der Waals surface area contributed by atoms with Gasteiger partial charge >= 0.3 is 23.5 Å². The van der Waals surface area contributed by atoms with Crippen molar-refractivity contribution < 1.29 is 37.7 Å². The maximum atomic E-state index is 13.7. The Morgan fingerprint density at radius 1 is 0.852 bits per heavy atom. The summed E-state index contributed by atoms with van der Waals surface area (Å²) in [5, 5.41) is 0.757. The van der Waals surface area contributed by atoms with Crippen molar-refractivity contribution in [1.29, 1.82) is 0 Å².